The summed E-state index contributed by atoms with van der Waals surface area (Å²) in [5, 5.41) is 6.28. The van der Waals surface area contributed by atoms with Gasteiger partial charge in [0, 0.05) is 13.7 Å². The zero-order valence-corrected chi connectivity index (χ0v) is 11.0. The Hall–Kier alpha value is -0.880. The van der Waals surface area contributed by atoms with Crippen LogP contribution >= 0.6 is 12.2 Å². The van der Waals surface area contributed by atoms with Crippen LogP contribution in [0.4, 0.5) is 0 Å². The minimum Gasteiger partial charge on any atom is -0.467 e. The molecule has 0 fully saturated rings. The molecule has 0 heterocycles. The van der Waals surface area contributed by atoms with Crippen molar-refractivity contribution < 1.29 is 14.3 Å². The van der Waals surface area contributed by atoms with E-state index in [-0.39, 0.29) is 11.9 Å². The molecule has 0 bridgehead atoms. The lowest BCUT2D eigenvalue weighted by Crippen LogP contribution is -2.49. The third kappa shape index (κ3) is 5.87. The molecule has 0 amide bonds. The quantitative estimate of drug-likeness (QED) is 0.400. The van der Waals surface area contributed by atoms with Crippen molar-refractivity contribution in [2.45, 2.75) is 19.9 Å². The highest BCUT2D eigenvalue weighted by Crippen LogP contribution is 2.03. The second-order valence-electron chi connectivity index (χ2n) is 3.64. The zero-order chi connectivity index (χ0) is 12.6. The first-order valence-corrected chi connectivity index (χ1v) is 5.54. The topological polar surface area (TPSA) is 59.6 Å². The summed E-state index contributed by atoms with van der Waals surface area (Å²) >= 11 is 5.04. The normalized spacial score (nSPS) is 12.1. The molecule has 94 valence electrons. The van der Waals surface area contributed by atoms with Gasteiger partial charge in [-0.25, -0.2) is 4.79 Å². The Balaban J connectivity index is 4.09. The number of hydrogen-bond acceptors (Lipinski definition) is 4. The molecule has 5 nitrogen and oxygen atoms in total. The molecule has 0 rings (SSSR count). The third-order valence-corrected chi connectivity index (χ3v) is 2.26. The standard InChI is InChI=1S/C10H20N2O3S/c1-7(2)8(9(13)15-4)12-10(16)11-5-6-14-3/h7-8H,5-6H2,1-4H3,(H2,11,12,16). The molecule has 0 saturated carbocycles. The zero-order valence-electron chi connectivity index (χ0n) is 10.2. The van der Waals surface area contributed by atoms with E-state index in [1.165, 1.54) is 7.11 Å². The maximum absolute atomic E-state index is 11.4. The van der Waals surface area contributed by atoms with E-state index in [2.05, 4.69) is 15.4 Å². The predicted molar refractivity (Wildman–Crippen MR) is 66.3 cm³/mol. The summed E-state index contributed by atoms with van der Waals surface area (Å²) in [4.78, 5) is 11.4. The number of carbonyl (C=O) groups excluding carboxylic acids is 1. The monoisotopic (exact) mass is 248 g/mol. The van der Waals surface area contributed by atoms with Crippen LogP contribution < -0.4 is 10.6 Å². The minimum atomic E-state index is -0.424. The fraction of sp³-hybridized carbons (Fsp3) is 0.800. The van der Waals surface area contributed by atoms with Gasteiger partial charge in [0.2, 0.25) is 0 Å². The number of carbonyl (C=O) groups is 1. The van der Waals surface area contributed by atoms with Gasteiger partial charge in [0.25, 0.3) is 0 Å². The molecule has 2 N–H and O–H groups in total. The Kier molecular flexibility index (Phi) is 7.84. The van der Waals surface area contributed by atoms with Crippen molar-refractivity contribution in [1.82, 2.24) is 10.6 Å². The third-order valence-electron chi connectivity index (χ3n) is 2.00. The predicted octanol–water partition coefficient (Wildman–Crippen LogP) is 0.294. The van der Waals surface area contributed by atoms with Gasteiger partial charge in [0.15, 0.2) is 5.11 Å². The summed E-state index contributed by atoms with van der Waals surface area (Å²) in [7, 11) is 2.98. The van der Waals surface area contributed by atoms with E-state index in [1.807, 2.05) is 13.8 Å². The molecule has 0 saturated heterocycles. The molecule has 0 aliphatic heterocycles. The smallest absolute Gasteiger partial charge is 0.328 e. The number of rotatable bonds is 6. The van der Waals surface area contributed by atoms with Crippen molar-refractivity contribution >= 4 is 23.3 Å². The van der Waals surface area contributed by atoms with Crippen LogP contribution in [0.2, 0.25) is 0 Å². The minimum absolute atomic E-state index is 0.106. The van der Waals surface area contributed by atoms with Gasteiger partial charge in [-0.15, -0.1) is 0 Å². The fourth-order valence-corrected chi connectivity index (χ4v) is 1.31. The average Bonchev–Trinajstić information content (AvgIpc) is 2.25. The van der Waals surface area contributed by atoms with Crippen molar-refractivity contribution in [3.63, 3.8) is 0 Å². The first kappa shape index (κ1) is 15.1. The van der Waals surface area contributed by atoms with E-state index in [0.717, 1.165) is 0 Å². The first-order chi connectivity index (χ1) is 7.52. The maximum atomic E-state index is 11.4. The summed E-state index contributed by atoms with van der Waals surface area (Å²) in [5.74, 6) is -0.208. The van der Waals surface area contributed by atoms with Crippen molar-refractivity contribution in [3.05, 3.63) is 0 Å². The number of methoxy groups -OCH3 is 2. The molecule has 0 aromatic carbocycles. The van der Waals surface area contributed by atoms with Crippen LogP contribution in [0.25, 0.3) is 0 Å². The van der Waals surface area contributed by atoms with E-state index in [0.29, 0.717) is 18.3 Å². The number of hydrogen-bond donors (Lipinski definition) is 2. The first-order valence-electron chi connectivity index (χ1n) is 5.14. The van der Waals surface area contributed by atoms with Gasteiger partial charge in [-0.1, -0.05) is 13.8 Å². The lowest BCUT2D eigenvalue weighted by atomic mass is 10.1. The number of thiocarbonyl (C=S) groups is 1. The van der Waals surface area contributed by atoms with Crippen molar-refractivity contribution in [3.8, 4) is 0 Å². The van der Waals surface area contributed by atoms with Crippen LogP contribution in [0.5, 0.6) is 0 Å². The number of nitrogens with one attached hydrogen (secondary N) is 2. The lowest BCUT2D eigenvalue weighted by molar-refractivity contribution is -0.143. The van der Waals surface area contributed by atoms with E-state index in [1.54, 1.807) is 7.11 Å². The molecule has 16 heavy (non-hydrogen) atoms. The van der Waals surface area contributed by atoms with E-state index in [9.17, 15) is 4.79 Å². The SMILES string of the molecule is COCCNC(=S)NC(C(=O)OC)C(C)C. The Labute approximate surface area is 102 Å². The van der Waals surface area contributed by atoms with Gasteiger partial charge in [0.1, 0.15) is 6.04 Å². The highest BCUT2D eigenvalue weighted by molar-refractivity contribution is 7.80. The molecule has 1 atom stereocenters. The summed E-state index contributed by atoms with van der Waals surface area (Å²) in [6.45, 7) is 5.01. The molecule has 0 aromatic heterocycles. The lowest BCUT2D eigenvalue weighted by Gasteiger charge is -2.21. The average molecular weight is 248 g/mol. The fourth-order valence-electron chi connectivity index (χ4n) is 1.08. The summed E-state index contributed by atoms with van der Waals surface area (Å²) in [6.07, 6.45) is 0. The highest BCUT2D eigenvalue weighted by atomic mass is 32.1. The van der Waals surface area contributed by atoms with Crippen molar-refractivity contribution in [2.75, 3.05) is 27.4 Å². The number of esters is 1. The van der Waals surface area contributed by atoms with Crippen LogP contribution in [0.1, 0.15) is 13.8 Å². The second-order valence-corrected chi connectivity index (χ2v) is 4.05. The molecule has 0 spiro atoms. The molecule has 0 aliphatic carbocycles. The maximum Gasteiger partial charge on any atom is 0.328 e. The molecule has 0 radical (unpaired) electrons. The summed E-state index contributed by atoms with van der Waals surface area (Å²) in [6, 6.07) is -0.424. The van der Waals surface area contributed by atoms with Gasteiger partial charge in [-0.05, 0) is 18.1 Å². The van der Waals surface area contributed by atoms with Crippen molar-refractivity contribution in [1.29, 1.82) is 0 Å². The van der Waals surface area contributed by atoms with E-state index in [4.69, 9.17) is 17.0 Å². The summed E-state index contributed by atoms with van der Waals surface area (Å²) in [5.41, 5.74) is 0. The summed E-state index contributed by atoms with van der Waals surface area (Å²) < 4.78 is 9.56. The van der Waals surface area contributed by atoms with Gasteiger partial charge in [0.05, 0.1) is 13.7 Å². The Morgan fingerprint density at radius 3 is 2.44 bits per heavy atom. The van der Waals surface area contributed by atoms with Crippen LogP contribution in [-0.2, 0) is 14.3 Å². The van der Waals surface area contributed by atoms with Gasteiger partial charge in [-0.3, -0.25) is 0 Å². The Bertz CT molecular complexity index is 234. The molecular formula is C10H20N2O3S. The van der Waals surface area contributed by atoms with Crippen LogP contribution in [0, 0.1) is 5.92 Å². The van der Waals surface area contributed by atoms with Crippen LogP contribution in [0.3, 0.4) is 0 Å². The molecule has 1 unspecified atom stereocenters. The second kappa shape index (κ2) is 8.29. The Morgan fingerprint density at radius 1 is 1.38 bits per heavy atom. The highest BCUT2D eigenvalue weighted by Gasteiger charge is 2.23. The van der Waals surface area contributed by atoms with Crippen LogP contribution in [-0.4, -0.2) is 44.5 Å². The Morgan fingerprint density at radius 2 is 2.00 bits per heavy atom. The molecule has 6 heteroatoms. The van der Waals surface area contributed by atoms with E-state index >= 15 is 0 Å². The molecule has 0 aromatic rings. The largest absolute Gasteiger partial charge is 0.467 e. The molecule has 0 aliphatic rings. The van der Waals surface area contributed by atoms with E-state index < -0.39 is 6.04 Å². The van der Waals surface area contributed by atoms with Gasteiger partial charge in [-0.2, -0.15) is 0 Å². The van der Waals surface area contributed by atoms with Crippen LogP contribution in [0.15, 0.2) is 0 Å². The van der Waals surface area contributed by atoms with Gasteiger partial charge >= 0.3 is 5.97 Å². The molecular weight excluding hydrogens is 228 g/mol. The number of ether oxygens (including phenoxy) is 2. The van der Waals surface area contributed by atoms with Gasteiger partial charge < -0.3 is 20.1 Å². The van der Waals surface area contributed by atoms with Crippen molar-refractivity contribution in [2.24, 2.45) is 5.92 Å².